The minimum atomic E-state index is -5.23. The number of hydrogen-bond acceptors (Lipinski definition) is 6. The molecule has 2 aromatic carbocycles. The molecule has 0 unspecified atom stereocenters. The molecule has 2 aromatic rings. The summed E-state index contributed by atoms with van der Waals surface area (Å²) in [4.78, 5) is 22.9. The van der Waals surface area contributed by atoms with Gasteiger partial charge in [-0.05, 0) is 62.6 Å². The monoisotopic (exact) mass is 629 g/mol. The number of carboxylic acid groups (broad SMARTS) is 1. The summed E-state index contributed by atoms with van der Waals surface area (Å²) in [5.41, 5.74) is -4.98. The van der Waals surface area contributed by atoms with Gasteiger partial charge in [-0.2, -0.15) is 26.3 Å². The molecule has 0 radical (unpaired) electrons. The van der Waals surface area contributed by atoms with Gasteiger partial charge in [-0.3, -0.25) is 13.9 Å². The summed E-state index contributed by atoms with van der Waals surface area (Å²) in [6.07, 6.45) is -12.0. The second-order valence-corrected chi connectivity index (χ2v) is 11.9. The first kappa shape index (κ1) is 32.9. The zero-order valence-corrected chi connectivity index (χ0v) is 23.2. The normalized spacial score (nSPS) is 16.8. The number of fused-ring (bicyclic) bond motifs is 1. The number of benzene rings is 2. The Hall–Kier alpha value is -3.56. The summed E-state index contributed by atoms with van der Waals surface area (Å²) in [5, 5.41) is 9.44. The van der Waals surface area contributed by atoms with Gasteiger partial charge < -0.3 is 14.6 Å². The molecule has 1 aliphatic heterocycles. The SMILES string of the molecule is CC[C@H](C[C@H]1CN(S(=O)(=O)c2ccc(F)c(C(F)(F)F)c2)c2cc(CC(=O)OC(C)(C)C(F)(F)F)ccc2O1)C(=O)O. The van der Waals surface area contributed by atoms with Crippen LogP contribution >= 0.6 is 0 Å². The maximum Gasteiger partial charge on any atom is 0.427 e. The van der Waals surface area contributed by atoms with Gasteiger partial charge in [-0.1, -0.05) is 13.0 Å². The number of aliphatic carboxylic acids is 1. The van der Waals surface area contributed by atoms with Crippen LogP contribution in [-0.2, 0) is 36.9 Å². The number of rotatable bonds is 9. The van der Waals surface area contributed by atoms with E-state index in [9.17, 15) is 53.8 Å². The molecule has 1 aliphatic rings. The number of alkyl halides is 6. The fourth-order valence-electron chi connectivity index (χ4n) is 4.13. The van der Waals surface area contributed by atoms with Crippen LogP contribution in [0, 0.1) is 11.7 Å². The van der Waals surface area contributed by atoms with Crippen molar-refractivity contribution in [1.29, 1.82) is 0 Å². The molecular formula is C26H26F7NO7S. The van der Waals surface area contributed by atoms with Gasteiger partial charge in [0.15, 0.2) is 0 Å². The van der Waals surface area contributed by atoms with Crippen LogP contribution in [0.15, 0.2) is 41.3 Å². The van der Waals surface area contributed by atoms with Crippen molar-refractivity contribution in [2.45, 2.75) is 69.0 Å². The summed E-state index contributed by atoms with van der Waals surface area (Å²) in [6, 6.07) is 4.57. The molecular weight excluding hydrogens is 603 g/mol. The third kappa shape index (κ3) is 7.07. The minimum Gasteiger partial charge on any atom is -0.486 e. The first-order valence-electron chi connectivity index (χ1n) is 12.4. The molecule has 16 heteroatoms. The van der Waals surface area contributed by atoms with Gasteiger partial charge in [-0.15, -0.1) is 0 Å². The molecule has 0 fully saturated rings. The fourth-order valence-corrected chi connectivity index (χ4v) is 5.66. The Kier molecular flexibility index (Phi) is 9.11. The lowest BCUT2D eigenvalue weighted by atomic mass is 9.98. The number of nitrogens with zero attached hydrogens (tertiary/aromatic N) is 1. The van der Waals surface area contributed by atoms with Crippen LogP contribution < -0.4 is 9.04 Å². The highest BCUT2D eigenvalue weighted by molar-refractivity contribution is 7.92. The number of carbonyl (C=O) groups excluding carboxylic acids is 1. The maximum absolute atomic E-state index is 13.9. The molecule has 0 bridgehead atoms. The maximum atomic E-state index is 13.9. The highest BCUT2D eigenvalue weighted by Gasteiger charge is 2.50. The van der Waals surface area contributed by atoms with Crippen LogP contribution in [0.2, 0.25) is 0 Å². The van der Waals surface area contributed by atoms with E-state index in [2.05, 4.69) is 4.74 Å². The summed E-state index contributed by atoms with van der Waals surface area (Å²) in [5.74, 6) is -5.32. The third-order valence-electron chi connectivity index (χ3n) is 6.58. The Morgan fingerprint density at radius 3 is 2.29 bits per heavy atom. The number of sulfonamides is 1. The summed E-state index contributed by atoms with van der Waals surface area (Å²) < 4.78 is 132. The Morgan fingerprint density at radius 1 is 1.10 bits per heavy atom. The number of esters is 1. The van der Waals surface area contributed by atoms with Crippen LogP contribution in [0.4, 0.5) is 36.4 Å². The summed E-state index contributed by atoms with van der Waals surface area (Å²) >= 11 is 0. The van der Waals surface area contributed by atoms with Gasteiger partial charge >= 0.3 is 24.3 Å². The quantitative estimate of drug-likeness (QED) is 0.279. The molecule has 0 aromatic heterocycles. The lowest BCUT2D eigenvalue weighted by Gasteiger charge is -2.36. The molecule has 8 nitrogen and oxygen atoms in total. The second-order valence-electron chi connectivity index (χ2n) is 10.1. The molecule has 42 heavy (non-hydrogen) atoms. The zero-order chi connectivity index (χ0) is 31.8. The molecule has 0 spiro atoms. The van der Waals surface area contributed by atoms with Crippen molar-refractivity contribution in [1.82, 2.24) is 0 Å². The Balaban J connectivity index is 2.06. The Morgan fingerprint density at radius 2 is 1.74 bits per heavy atom. The topological polar surface area (TPSA) is 110 Å². The van der Waals surface area contributed by atoms with Crippen molar-refractivity contribution >= 4 is 27.6 Å². The van der Waals surface area contributed by atoms with Crippen molar-refractivity contribution in [2.75, 3.05) is 10.8 Å². The van der Waals surface area contributed by atoms with Gasteiger partial charge in [0, 0.05) is 0 Å². The van der Waals surface area contributed by atoms with Crippen LogP contribution in [0.25, 0.3) is 0 Å². The first-order valence-corrected chi connectivity index (χ1v) is 13.8. The standard InChI is InChI=1S/C26H26F7NO7S/c1-4-15(23(36)37)11-16-13-34(42(38,39)17-6-7-19(27)18(12-17)25(28,29)30)20-9-14(5-8-21(20)40-16)10-22(35)41-24(2,3)26(31,32)33/h5-9,12,15-16H,4,10-11,13H2,1-3H3,(H,36,37)/t15-,16+/m1/s1. The predicted octanol–water partition coefficient (Wildman–Crippen LogP) is 5.73. The minimum absolute atomic E-state index is 0.0222. The highest BCUT2D eigenvalue weighted by Crippen LogP contribution is 2.41. The highest BCUT2D eigenvalue weighted by atomic mass is 32.2. The van der Waals surface area contributed by atoms with E-state index in [1.807, 2.05) is 0 Å². The average Bonchev–Trinajstić information content (AvgIpc) is 2.85. The van der Waals surface area contributed by atoms with E-state index in [0.29, 0.717) is 30.3 Å². The van der Waals surface area contributed by atoms with E-state index in [4.69, 9.17) is 4.74 Å². The Bertz CT molecular complexity index is 1460. The van der Waals surface area contributed by atoms with Gasteiger partial charge in [0.05, 0.1) is 35.0 Å². The molecule has 1 heterocycles. The summed E-state index contributed by atoms with van der Waals surface area (Å²) in [7, 11) is -4.89. The predicted molar refractivity (Wildman–Crippen MR) is 133 cm³/mol. The molecule has 0 amide bonds. The van der Waals surface area contributed by atoms with Gasteiger partial charge in [0.1, 0.15) is 17.7 Å². The van der Waals surface area contributed by atoms with E-state index < -0.39 is 81.2 Å². The molecule has 0 saturated heterocycles. The summed E-state index contributed by atoms with van der Waals surface area (Å²) in [6.45, 7) is 2.27. The molecule has 2 atom stereocenters. The average molecular weight is 630 g/mol. The number of carboxylic acids is 1. The van der Waals surface area contributed by atoms with Crippen LogP contribution in [-0.4, -0.2) is 49.9 Å². The number of anilines is 1. The van der Waals surface area contributed by atoms with Crippen molar-refractivity contribution in [3.8, 4) is 5.75 Å². The van der Waals surface area contributed by atoms with Crippen molar-refractivity contribution < 1.29 is 63.3 Å². The number of halogens is 7. The largest absolute Gasteiger partial charge is 0.486 e. The lowest BCUT2D eigenvalue weighted by molar-refractivity contribution is -0.257. The number of ether oxygens (including phenoxy) is 2. The third-order valence-corrected chi connectivity index (χ3v) is 8.35. The van der Waals surface area contributed by atoms with E-state index in [1.165, 1.54) is 12.1 Å². The van der Waals surface area contributed by atoms with Gasteiger partial charge in [-0.25, -0.2) is 12.8 Å². The fraction of sp³-hybridized carbons (Fsp3) is 0.462. The van der Waals surface area contributed by atoms with Crippen molar-refractivity contribution in [3.05, 3.63) is 53.3 Å². The van der Waals surface area contributed by atoms with Gasteiger partial charge in [0.2, 0.25) is 5.60 Å². The number of carbonyl (C=O) groups is 2. The van der Waals surface area contributed by atoms with Crippen LogP contribution in [0.5, 0.6) is 5.75 Å². The van der Waals surface area contributed by atoms with Crippen molar-refractivity contribution in [3.63, 3.8) is 0 Å². The second kappa shape index (κ2) is 11.6. The zero-order valence-electron chi connectivity index (χ0n) is 22.3. The van der Waals surface area contributed by atoms with Crippen molar-refractivity contribution in [2.24, 2.45) is 5.92 Å². The van der Waals surface area contributed by atoms with E-state index in [0.717, 1.165) is 6.07 Å². The molecule has 0 aliphatic carbocycles. The smallest absolute Gasteiger partial charge is 0.427 e. The van der Waals surface area contributed by atoms with Crippen LogP contribution in [0.3, 0.4) is 0 Å². The molecule has 3 rings (SSSR count). The van der Waals surface area contributed by atoms with E-state index >= 15 is 0 Å². The van der Waals surface area contributed by atoms with Gasteiger partial charge in [0.25, 0.3) is 10.0 Å². The molecule has 0 saturated carbocycles. The first-order chi connectivity index (χ1) is 19.2. The number of hydrogen-bond donors (Lipinski definition) is 1. The Labute approximate surface area is 236 Å². The lowest BCUT2D eigenvalue weighted by Crippen LogP contribution is -2.45. The molecule has 1 N–H and O–H groups in total. The van der Waals surface area contributed by atoms with E-state index in [-0.39, 0.29) is 35.9 Å². The molecule has 232 valence electrons. The van der Waals surface area contributed by atoms with Crippen LogP contribution in [0.1, 0.15) is 44.7 Å². The van der Waals surface area contributed by atoms with E-state index in [1.54, 1.807) is 6.92 Å².